The van der Waals surface area contributed by atoms with E-state index in [1.54, 1.807) is 0 Å². The first-order valence-electron chi connectivity index (χ1n) is 9.41. The third-order valence-corrected chi connectivity index (χ3v) is 6.27. The van der Waals surface area contributed by atoms with E-state index in [4.69, 9.17) is 23.7 Å². The number of rotatable bonds is 1. The third kappa shape index (κ3) is 2.05. The summed E-state index contributed by atoms with van der Waals surface area (Å²) in [6.07, 6.45) is 0.538. The lowest BCUT2D eigenvalue weighted by Crippen LogP contribution is -2.50. The summed E-state index contributed by atoms with van der Waals surface area (Å²) in [6.45, 7) is 1.30. The number of nitrogens with zero attached hydrogens (tertiary/aromatic N) is 1. The minimum Gasteiger partial charge on any atom is -0.454 e. The van der Waals surface area contributed by atoms with Crippen LogP contribution in [0.5, 0.6) is 23.0 Å². The van der Waals surface area contributed by atoms with Gasteiger partial charge in [0.1, 0.15) is 5.56 Å². The van der Waals surface area contributed by atoms with Gasteiger partial charge in [0, 0.05) is 17.5 Å². The maximum atomic E-state index is 12.8. The van der Waals surface area contributed by atoms with Gasteiger partial charge in [-0.15, -0.1) is 0 Å². The highest BCUT2D eigenvalue weighted by atomic mass is 16.7. The Morgan fingerprint density at radius 2 is 1.68 bits per heavy atom. The number of benzene rings is 2. The fourth-order valence-corrected chi connectivity index (χ4v) is 4.85. The van der Waals surface area contributed by atoms with Crippen molar-refractivity contribution in [3.05, 3.63) is 46.5 Å². The Bertz CT molecular complexity index is 1030. The smallest absolute Gasteiger partial charge is 0.343 e. The van der Waals surface area contributed by atoms with Gasteiger partial charge in [0.2, 0.25) is 13.6 Å². The lowest BCUT2D eigenvalue weighted by Gasteiger charge is -2.44. The largest absolute Gasteiger partial charge is 0.454 e. The van der Waals surface area contributed by atoms with Gasteiger partial charge < -0.3 is 28.2 Å². The number of likely N-dealkylation sites (N-methyl/N-ethyl adjacent to an activating group) is 1. The summed E-state index contributed by atoms with van der Waals surface area (Å²) in [5, 5.41) is 0. The van der Waals surface area contributed by atoms with E-state index >= 15 is 0 Å². The molecule has 4 aliphatic heterocycles. The molecule has 1 unspecified atom stereocenters. The highest BCUT2D eigenvalue weighted by Crippen LogP contribution is 2.53. The molecular formula is C21H20NO6+. The monoisotopic (exact) mass is 382 g/mol. The van der Waals surface area contributed by atoms with Gasteiger partial charge >= 0.3 is 5.97 Å². The second-order valence-electron chi connectivity index (χ2n) is 8.19. The summed E-state index contributed by atoms with van der Waals surface area (Å²) in [5.41, 5.74) is 3.71. The molecule has 28 heavy (non-hydrogen) atoms. The van der Waals surface area contributed by atoms with Crippen molar-refractivity contribution in [3.8, 4) is 23.0 Å². The van der Waals surface area contributed by atoms with E-state index in [2.05, 4.69) is 26.2 Å². The van der Waals surface area contributed by atoms with Gasteiger partial charge in [-0.05, 0) is 23.8 Å². The first-order chi connectivity index (χ1) is 13.5. The molecule has 0 radical (unpaired) electrons. The molecule has 4 heterocycles. The summed E-state index contributed by atoms with van der Waals surface area (Å²) in [7, 11) is 4.36. The van der Waals surface area contributed by atoms with Gasteiger partial charge in [-0.25, -0.2) is 4.79 Å². The van der Waals surface area contributed by atoms with E-state index in [1.165, 1.54) is 5.56 Å². The van der Waals surface area contributed by atoms with Crippen molar-refractivity contribution in [2.24, 2.45) is 0 Å². The summed E-state index contributed by atoms with van der Waals surface area (Å²) >= 11 is 0. The number of cyclic esters (lactones) is 1. The van der Waals surface area contributed by atoms with Gasteiger partial charge in [0.15, 0.2) is 35.1 Å². The fraction of sp³-hybridized carbons (Fsp3) is 0.381. The van der Waals surface area contributed by atoms with Crippen LogP contribution in [0.1, 0.15) is 39.2 Å². The van der Waals surface area contributed by atoms with Gasteiger partial charge in [-0.3, -0.25) is 0 Å². The van der Waals surface area contributed by atoms with Crippen molar-refractivity contribution in [1.29, 1.82) is 0 Å². The Hall–Kier alpha value is -2.93. The predicted molar refractivity (Wildman–Crippen MR) is 96.7 cm³/mol. The van der Waals surface area contributed by atoms with Gasteiger partial charge in [0.05, 0.1) is 20.6 Å². The SMILES string of the molecule is C[N+]1(C)CCc2cc3c(cc2[C@H]1C1OC(=O)c2c1ccc1c2OCO1)OCO3. The van der Waals surface area contributed by atoms with Crippen LogP contribution in [0.15, 0.2) is 24.3 Å². The average molecular weight is 382 g/mol. The topological polar surface area (TPSA) is 63.2 Å². The Labute approximate surface area is 161 Å². The number of esters is 1. The lowest BCUT2D eigenvalue weighted by molar-refractivity contribution is -0.927. The highest BCUT2D eigenvalue weighted by Gasteiger charge is 2.50. The second-order valence-corrected chi connectivity index (χ2v) is 8.19. The molecule has 0 N–H and O–H groups in total. The van der Waals surface area contributed by atoms with Gasteiger partial charge in [-0.2, -0.15) is 0 Å². The Kier molecular flexibility index (Phi) is 3.05. The predicted octanol–water partition coefficient (Wildman–Crippen LogP) is 2.73. The summed E-state index contributed by atoms with van der Waals surface area (Å²) in [5.74, 6) is 2.28. The summed E-state index contributed by atoms with van der Waals surface area (Å²) in [6, 6.07) is 7.87. The molecule has 0 saturated heterocycles. The molecule has 144 valence electrons. The van der Waals surface area contributed by atoms with Crippen LogP contribution in [-0.2, 0) is 11.2 Å². The average Bonchev–Trinajstić information content (AvgIpc) is 3.37. The standard InChI is InChI=1S/C21H20NO6/c1-22(2)6-5-11-7-15-16(26-9-25-15)8-13(11)18(22)19-12-3-4-14-20(27-10-24-14)17(12)21(23)28-19/h3-4,7-8,18-19H,5-6,9-10H2,1-2H3/q+1/t18-,19?/m0/s1. The molecule has 0 spiro atoms. The maximum absolute atomic E-state index is 12.8. The number of quaternary nitrogens is 1. The van der Waals surface area contributed by atoms with E-state index in [0.29, 0.717) is 21.5 Å². The molecule has 0 aliphatic carbocycles. The molecule has 7 heteroatoms. The molecule has 2 aromatic rings. The Morgan fingerprint density at radius 3 is 2.54 bits per heavy atom. The van der Waals surface area contributed by atoms with E-state index in [9.17, 15) is 4.79 Å². The maximum Gasteiger partial charge on any atom is 0.343 e. The summed E-state index contributed by atoms with van der Waals surface area (Å²) < 4.78 is 28.8. The molecule has 2 atom stereocenters. The third-order valence-electron chi connectivity index (χ3n) is 6.27. The molecule has 2 aromatic carbocycles. The number of carbonyl (C=O) groups is 1. The minimum atomic E-state index is -0.397. The molecule has 6 rings (SSSR count). The number of fused-ring (bicyclic) bond motifs is 5. The fourth-order valence-electron chi connectivity index (χ4n) is 4.85. The van der Waals surface area contributed by atoms with E-state index in [-0.39, 0.29) is 25.6 Å². The van der Waals surface area contributed by atoms with Crippen LogP contribution in [0.25, 0.3) is 0 Å². The zero-order chi connectivity index (χ0) is 19.0. The van der Waals surface area contributed by atoms with Crippen LogP contribution < -0.4 is 18.9 Å². The molecular weight excluding hydrogens is 362 g/mol. The van der Waals surface area contributed by atoms with Gasteiger partial charge in [0.25, 0.3) is 0 Å². The number of ether oxygens (including phenoxy) is 5. The minimum absolute atomic E-state index is 0.0520. The van der Waals surface area contributed by atoms with Crippen LogP contribution >= 0.6 is 0 Å². The normalized spacial score (nSPS) is 25.3. The molecule has 0 amide bonds. The molecule has 0 fully saturated rings. The van der Waals surface area contributed by atoms with Crippen molar-refractivity contribution >= 4 is 5.97 Å². The Balaban J connectivity index is 1.52. The zero-order valence-electron chi connectivity index (χ0n) is 15.7. The van der Waals surface area contributed by atoms with Gasteiger partial charge in [-0.1, -0.05) is 6.07 Å². The summed E-state index contributed by atoms with van der Waals surface area (Å²) in [4.78, 5) is 12.8. The van der Waals surface area contributed by atoms with Crippen LogP contribution in [0.2, 0.25) is 0 Å². The number of carbonyl (C=O) groups excluding carboxylic acids is 1. The second kappa shape index (κ2) is 5.32. The van der Waals surface area contributed by atoms with Crippen molar-refractivity contribution in [2.45, 2.75) is 18.6 Å². The van der Waals surface area contributed by atoms with Crippen LogP contribution in [-0.4, -0.2) is 44.7 Å². The molecule has 4 aliphatic rings. The van der Waals surface area contributed by atoms with Crippen molar-refractivity contribution < 1.29 is 33.0 Å². The molecule has 0 saturated carbocycles. The van der Waals surface area contributed by atoms with Crippen molar-refractivity contribution in [2.75, 3.05) is 34.2 Å². The molecule has 7 nitrogen and oxygen atoms in total. The number of hydrogen-bond acceptors (Lipinski definition) is 6. The highest BCUT2D eigenvalue weighted by molar-refractivity contribution is 5.98. The van der Waals surface area contributed by atoms with Crippen molar-refractivity contribution in [3.63, 3.8) is 0 Å². The first kappa shape index (κ1) is 16.1. The van der Waals surface area contributed by atoms with E-state index < -0.39 is 6.10 Å². The van der Waals surface area contributed by atoms with E-state index in [1.807, 2.05) is 12.1 Å². The zero-order valence-corrected chi connectivity index (χ0v) is 15.7. The first-order valence-corrected chi connectivity index (χ1v) is 9.41. The molecule has 0 aromatic heterocycles. The quantitative estimate of drug-likeness (QED) is 0.558. The van der Waals surface area contributed by atoms with Crippen LogP contribution in [0.4, 0.5) is 0 Å². The van der Waals surface area contributed by atoms with Crippen LogP contribution in [0, 0.1) is 0 Å². The number of hydrogen-bond donors (Lipinski definition) is 0. The Morgan fingerprint density at radius 1 is 0.929 bits per heavy atom. The lowest BCUT2D eigenvalue weighted by atomic mass is 9.84. The molecule has 0 bridgehead atoms. The van der Waals surface area contributed by atoms with Crippen LogP contribution in [0.3, 0.4) is 0 Å². The van der Waals surface area contributed by atoms with Crippen molar-refractivity contribution in [1.82, 2.24) is 0 Å². The van der Waals surface area contributed by atoms with E-state index in [0.717, 1.165) is 35.6 Å².